The van der Waals surface area contributed by atoms with Crippen LogP contribution in [0.1, 0.15) is 12.0 Å². The summed E-state index contributed by atoms with van der Waals surface area (Å²) in [6, 6.07) is 5.28. The standard InChI is InChI=1S/C11H14BrN3O2/c12-9-3-8(4-11(5-9)15(16)17)6-14-2-1-10(13)7-14/h3-5,10H,1-2,6-7,13H2. The highest BCUT2D eigenvalue weighted by molar-refractivity contribution is 9.10. The number of benzene rings is 1. The zero-order valence-electron chi connectivity index (χ0n) is 9.30. The van der Waals surface area contributed by atoms with Crippen molar-refractivity contribution in [3.8, 4) is 0 Å². The first-order valence-corrected chi connectivity index (χ1v) is 6.25. The molecule has 1 aliphatic heterocycles. The number of hydrogen-bond donors (Lipinski definition) is 1. The molecule has 17 heavy (non-hydrogen) atoms. The molecule has 0 amide bonds. The number of hydrogen-bond acceptors (Lipinski definition) is 4. The first-order valence-electron chi connectivity index (χ1n) is 5.46. The van der Waals surface area contributed by atoms with Crippen molar-refractivity contribution >= 4 is 21.6 Å². The Hall–Kier alpha value is -0.980. The molecule has 0 saturated carbocycles. The molecule has 2 N–H and O–H groups in total. The molecule has 1 saturated heterocycles. The molecule has 92 valence electrons. The van der Waals surface area contributed by atoms with Gasteiger partial charge in [0.15, 0.2) is 0 Å². The van der Waals surface area contributed by atoms with Gasteiger partial charge in [0.25, 0.3) is 5.69 Å². The van der Waals surface area contributed by atoms with Gasteiger partial charge in [-0.25, -0.2) is 0 Å². The van der Waals surface area contributed by atoms with Crippen LogP contribution in [0, 0.1) is 10.1 Å². The first kappa shape index (κ1) is 12.5. The fraction of sp³-hybridized carbons (Fsp3) is 0.455. The molecule has 0 bridgehead atoms. The summed E-state index contributed by atoms with van der Waals surface area (Å²) in [5.41, 5.74) is 6.90. The maximum absolute atomic E-state index is 10.7. The van der Waals surface area contributed by atoms with E-state index in [9.17, 15) is 10.1 Å². The number of rotatable bonds is 3. The Bertz CT molecular complexity index is 439. The molecule has 2 rings (SSSR count). The van der Waals surface area contributed by atoms with Crippen molar-refractivity contribution in [3.63, 3.8) is 0 Å². The van der Waals surface area contributed by atoms with Crippen LogP contribution in [0.5, 0.6) is 0 Å². The lowest BCUT2D eigenvalue weighted by Crippen LogP contribution is -2.26. The van der Waals surface area contributed by atoms with E-state index >= 15 is 0 Å². The Morgan fingerprint density at radius 1 is 1.53 bits per heavy atom. The predicted octanol–water partition coefficient (Wildman–Crippen LogP) is 1.89. The number of non-ortho nitro benzene ring substituents is 1. The molecular formula is C11H14BrN3O2. The average Bonchev–Trinajstić information content (AvgIpc) is 2.63. The number of nitro groups is 1. The molecule has 5 nitrogen and oxygen atoms in total. The molecule has 1 unspecified atom stereocenters. The van der Waals surface area contributed by atoms with Gasteiger partial charge in [-0.05, 0) is 18.1 Å². The van der Waals surface area contributed by atoms with Crippen LogP contribution in [0.2, 0.25) is 0 Å². The summed E-state index contributed by atoms with van der Waals surface area (Å²) in [6.07, 6.45) is 0.996. The molecule has 1 atom stereocenters. The van der Waals surface area contributed by atoms with Crippen LogP contribution in [0.15, 0.2) is 22.7 Å². The second-order valence-corrected chi connectivity index (χ2v) is 5.27. The summed E-state index contributed by atoms with van der Waals surface area (Å²) in [5, 5.41) is 10.7. The lowest BCUT2D eigenvalue weighted by molar-refractivity contribution is -0.385. The van der Waals surface area contributed by atoms with Gasteiger partial charge >= 0.3 is 0 Å². The molecule has 0 radical (unpaired) electrons. The van der Waals surface area contributed by atoms with Crippen LogP contribution < -0.4 is 5.73 Å². The fourth-order valence-electron chi connectivity index (χ4n) is 2.09. The van der Waals surface area contributed by atoms with Gasteiger partial charge in [0.2, 0.25) is 0 Å². The van der Waals surface area contributed by atoms with Crippen molar-refractivity contribution in [2.45, 2.75) is 19.0 Å². The fourth-order valence-corrected chi connectivity index (χ4v) is 2.62. The van der Waals surface area contributed by atoms with Crippen LogP contribution >= 0.6 is 15.9 Å². The summed E-state index contributed by atoms with van der Waals surface area (Å²) >= 11 is 3.29. The minimum Gasteiger partial charge on any atom is -0.326 e. The number of nitrogens with zero attached hydrogens (tertiary/aromatic N) is 2. The van der Waals surface area contributed by atoms with Crippen molar-refractivity contribution in [2.75, 3.05) is 13.1 Å². The normalized spacial score (nSPS) is 20.7. The molecule has 0 aliphatic carbocycles. The summed E-state index contributed by atoms with van der Waals surface area (Å²) in [6.45, 7) is 2.54. The highest BCUT2D eigenvalue weighted by atomic mass is 79.9. The van der Waals surface area contributed by atoms with E-state index < -0.39 is 0 Å². The molecule has 6 heteroatoms. The molecule has 1 aromatic rings. The average molecular weight is 300 g/mol. The molecule has 1 aliphatic rings. The van der Waals surface area contributed by atoms with Crippen molar-refractivity contribution < 1.29 is 4.92 Å². The van der Waals surface area contributed by atoms with E-state index in [0.29, 0.717) is 6.54 Å². The van der Waals surface area contributed by atoms with Crippen molar-refractivity contribution in [1.82, 2.24) is 4.90 Å². The summed E-state index contributed by atoms with van der Waals surface area (Å²) in [7, 11) is 0. The Morgan fingerprint density at radius 2 is 2.29 bits per heavy atom. The smallest absolute Gasteiger partial charge is 0.270 e. The Labute approximate surface area is 108 Å². The van der Waals surface area contributed by atoms with E-state index in [1.807, 2.05) is 6.07 Å². The van der Waals surface area contributed by atoms with Gasteiger partial charge in [-0.2, -0.15) is 0 Å². The van der Waals surface area contributed by atoms with E-state index in [1.54, 1.807) is 6.07 Å². The highest BCUT2D eigenvalue weighted by Crippen LogP contribution is 2.23. The van der Waals surface area contributed by atoms with E-state index in [0.717, 1.165) is 29.5 Å². The maximum Gasteiger partial charge on any atom is 0.270 e. The lowest BCUT2D eigenvalue weighted by Gasteiger charge is -2.15. The number of halogens is 1. The predicted molar refractivity (Wildman–Crippen MR) is 68.7 cm³/mol. The third-order valence-electron chi connectivity index (χ3n) is 2.87. The van der Waals surface area contributed by atoms with Gasteiger partial charge in [-0.1, -0.05) is 15.9 Å². The van der Waals surface area contributed by atoms with E-state index in [-0.39, 0.29) is 16.7 Å². The maximum atomic E-state index is 10.7. The van der Waals surface area contributed by atoms with Gasteiger partial charge in [0, 0.05) is 42.3 Å². The van der Waals surface area contributed by atoms with Crippen LogP contribution in [0.4, 0.5) is 5.69 Å². The Morgan fingerprint density at radius 3 is 2.88 bits per heavy atom. The quantitative estimate of drug-likeness (QED) is 0.683. The highest BCUT2D eigenvalue weighted by Gasteiger charge is 2.19. The summed E-state index contributed by atoms with van der Waals surface area (Å²) in [4.78, 5) is 12.6. The Balaban J connectivity index is 2.12. The third-order valence-corrected chi connectivity index (χ3v) is 3.33. The van der Waals surface area contributed by atoms with E-state index in [4.69, 9.17) is 5.73 Å². The zero-order chi connectivity index (χ0) is 12.4. The van der Waals surface area contributed by atoms with Crippen LogP contribution in [-0.4, -0.2) is 29.0 Å². The third kappa shape index (κ3) is 3.24. The summed E-state index contributed by atoms with van der Waals surface area (Å²) < 4.78 is 0.741. The van der Waals surface area contributed by atoms with Gasteiger partial charge in [0.05, 0.1) is 4.92 Å². The molecule has 0 spiro atoms. The molecule has 1 heterocycles. The SMILES string of the molecule is NC1CCN(Cc2cc(Br)cc([N+](=O)[O-])c2)C1. The van der Waals surface area contributed by atoms with Crippen molar-refractivity contribution in [3.05, 3.63) is 38.3 Å². The summed E-state index contributed by atoms with van der Waals surface area (Å²) in [5.74, 6) is 0. The van der Waals surface area contributed by atoms with Crippen LogP contribution in [0.3, 0.4) is 0 Å². The molecule has 1 fully saturated rings. The van der Waals surface area contributed by atoms with Gasteiger partial charge in [-0.3, -0.25) is 15.0 Å². The Kier molecular flexibility index (Phi) is 3.76. The van der Waals surface area contributed by atoms with E-state index in [1.165, 1.54) is 6.07 Å². The van der Waals surface area contributed by atoms with Gasteiger partial charge in [-0.15, -0.1) is 0 Å². The number of nitrogens with two attached hydrogens (primary N) is 1. The van der Waals surface area contributed by atoms with Gasteiger partial charge in [0.1, 0.15) is 0 Å². The van der Waals surface area contributed by atoms with Crippen molar-refractivity contribution in [1.29, 1.82) is 0 Å². The van der Waals surface area contributed by atoms with Crippen LogP contribution in [-0.2, 0) is 6.54 Å². The lowest BCUT2D eigenvalue weighted by atomic mass is 10.2. The minimum atomic E-state index is -0.371. The first-order chi connectivity index (χ1) is 8.04. The minimum absolute atomic E-state index is 0.123. The molecule has 1 aromatic carbocycles. The number of nitro benzene ring substituents is 1. The van der Waals surface area contributed by atoms with E-state index in [2.05, 4.69) is 20.8 Å². The second-order valence-electron chi connectivity index (χ2n) is 4.36. The molecular weight excluding hydrogens is 286 g/mol. The largest absolute Gasteiger partial charge is 0.326 e. The monoisotopic (exact) mass is 299 g/mol. The zero-order valence-corrected chi connectivity index (χ0v) is 10.9. The second kappa shape index (κ2) is 5.12. The van der Waals surface area contributed by atoms with Gasteiger partial charge < -0.3 is 5.73 Å². The number of likely N-dealkylation sites (tertiary alicyclic amines) is 1. The topological polar surface area (TPSA) is 72.4 Å². The van der Waals surface area contributed by atoms with Crippen molar-refractivity contribution in [2.24, 2.45) is 5.73 Å². The van der Waals surface area contributed by atoms with Crippen LogP contribution in [0.25, 0.3) is 0 Å². The molecule has 0 aromatic heterocycles.